The summed E-state index contributed by atoms with van der Waals surface area (Å²) >= 11 is 0. The maximum absolute atomic E-state index is 13.0. The number of piperidine rings is 1. The summed E-state index contributed by atoms with van der Waals surface area (Å²) in [4.78, 5) is 23.4. The molecular formula is C20H24N8O4. The van der Waals surface area contributed by atoms with Gasteiger partial charge in [0.15, 0.2) is 5.69 Å². The quantitative estimate of drug-likeness (QED) is 0.432. The topological polar surface area (TPSA) is 143 Å². The predicted molar refractivity (Wildman–Crippen MR) is 114 cm³/mol. The molecule has 0 aliphatic carbocycles. The molecule has 0 saturated carbocycles. The van der Waals surface area contributed by atoms with Gasteiger partial charge >= 0.3 is 6.01 Å². The highest BCUT2D eigenvalue weighted by Crippen LogP contribution is 2.22. The van der Waals surface area contributed by atoms with E-state index in [1.165, 1.54) is 0 Å². The van der Waals surface area contributed by atoms with E-state index in [0.717, 1.165) is 0 Å². The maximum atomic E-state index is 13.0. The van der Waals surface area contributed by atoms with Gasteiger partial charge in [0, 0.05) is 45.4 Å². The predicted octanol–water partition coefficient (Wildman–Crippen LogP) is -0.213. The van der Waals surface area contributed by atoms with Gasteiger partial charge in [-0.05, 0) is 12.2 Å². The summed E-state index contributed by atoms with van der Waals surface area (Å²) in [5.74, 6) is -0.206. The minimum absolute atomic E-state index is 0.183. The molecule has 0 aromatic carbocycles. The van der Waals surface area contributed by atoms with Crippen LogP contribution in [0.15, 0.2) is 12.4 Å². The van der Waals surface area contributed by atoms with Crippen LogP contribution in [-0.4, -0.2) is 91.0 Å². The minimum Gasteiger partial charge on any atom is -0.457 e. The van der Waals surface area contributed by atoms with Gasteiger partial charge in [0.1, 0.15) is 35.2 Å². The molecule has 3 aromatic heterocycles. The summed E-state index contributed by atoms with van der Waals surface area (Å²) in [7, 11) is 3.48. The molecular weight excluding hydrogens is 416 g/mol. The summed E-state index contributed by atoms with van der Waals surface area (Å²) < 4.78 is 13.6. The van der Waals surface area contributed by atoms with Crippen molar-refractivity contribution in [2.45, 2.75) is 24.9 Å². The second kappa shape index (κ2) is 8.30. The second-order valence-corrected chi connectivity index (χ2v) is 7.92. The number of nitrogens with zero attached hydrogens (tertiary/aromatic N) is 6. The van der Waals surface area contributed by atoms with Crippen molar-refractivity contribution in [3.05, 3.63) is 29.3 Å². The molecule has 3 aromatic rings. The monoisotopic (exact) mass is 440 g/mol. The van der Waals surface area contributed by atoms with Crippen molar-refractivity contribution in [3.63, 3.8) is 0 Å². The summed E-state index contributed by atoms with van der Waals surface area (Å²) in [6.45, 7) is 1.07. The smallest absolute Gasteiger partial charge is 0.317 e. The van der Waals surface area contributed by atoms with E-state index in [9.17, 15) is 9.90 Å². The first kappa shape index (κ1) is 20.5. The second-order valence-electron chi connectivity index (χ2n) is 7.92. The molecule has 0 radical (unpaired) electrons. The number of carbonyl (C=O) groups is 1. The molecule has 1 fully saturated rings. The van der Waals surface area contributed by atoms with Crippen LogP contribution in [0.25, 0.3) is 23.2 Å². The number of rotatable bonds is 0. The number of ether oxygens (including phenoxy) is 2. The minimum atomic E-state index is -0.714. The largest absolute Gasteiger partial charge is 0.457 e. The van der Waals surface area contributed by atoms with E-state index >= 15 is 0 Å². The van der Waals surface area contributed by atoms with Crippen LogP contribution in [-0.2, 0) is 11.8 Å². The molecule has 12 nitrogen and oxygen atoms in total. The highest BCUT2D eigenvalue weighted by Gasteiger charge is 2.33. The molecule has 5 rings (SSSR count). The van der Waals surface area contributed by atoms with Gasteiger partial charge < -0.3 is 19.5 Å². The van der Waals surface area contributed by atoms with Crippen LogP contribution < -0.4 is 10.1 Å². The highest BCUT2D eigenvalue weighted by molar-refractivity contribution is 5.97. The fourth-order valence-electron chi connectivity index (χ4n) is 3.84. The third-order valence-corrected chi connectivity index (χ3v) is 5.57. The van der Waals surface area contributed by atoms with E-state index in [2.05, 4.69) is 30.6 Å². The molecule has 1 saturated heterocycles. The highest BCUT2D eigenvalue weighted by atomic mass is 16.6. The van der Waals surface area contributed by atoms with Crippen molar-refractivity contribution in [1.29, 1.82) is 0 Å². The Balaban J connectivity index is 1.56. The van der Waals surface area contributed by atoms with Crippen molar-refractivity contribution in [3.8, 4) is 6.01 Å². The van der Waals surface area contributed by atoms with Gasteiger partial charge in [-0.3, -0.25) is 19.9 Å². The first-order valence-electron chi connectivity index (χ1n) is 10.4. The van der Waals surface area contributed by atoms with E-state index in [-0.39, 0.29) is 18.0 Å². The van der Waals surface area contributed by atoms with Crippen molar-refractivity contribution in [2.75, 3.05) is 26.7 Å². The number of aliphatic hydroxyl groups is 1. The van der Waals surface area contributed by atoms with Gasteiger partial charge in [0.05, 0.1) is 12.8 Å². The van der Waals surface area contributed by atoms with Gasteiger partial charge in [-0.2, -0.15) is 15.2 Å². The third kappa shape index (κ3) is 3.95. The van der Waals surface area contributed by atoms with Crippen molar-refractivity contribution in [1.82, 2.24) is 40.2 Å². The zero-order valence-corrected chi connectivity index (χ0v) is 17.7. The number of fused-ring (bicyclic) bond motifs is 3. The number of aryl methyl sites for hydroxylation is 1. The molecule has 1 amide bonds. The Morgan fingerprint density at radius 2 is 2.12 bits per heavy atom. The molecule has 2 bridgehead atoms. The van der Waals surface area contributed by atoms with Crippen LogP contribution in [0.1, 0.15) is 28.2 Å². The molecule has 3 atom stereocenters. The zero-order chi connectivity index (χ0) is 22.2. The lowest BCUT2D eigenvalue weighted by molar-refractivity contribution is -0.0797. The Kier molecular flexibility index (Phi) is 5.33. The number of nitrogens with one attached hydrogen (secondary N) is 2. The summed E-state index contributed by atoms with van der Waals surface area (Å²) in [6, 6.07) is 0.183. The van der Waals surface area contributed by atoms with Crippen LogP contribution in [0, 0.1) is 0 Å². The van der Waals surface area contributed by atoms with Crippen LogP contribution in [0.5, 0.6) is 6.01 Å². The molecule has 2 aliphatic heterocycles. The van der Waals surface area contributed by atoms with Crippen LogP contribution in [0.3, 0.4) is 0 Å². The summed E-state index contributed by atoms with van der Waals surface area (Å²) in [6.07, 6.45) is 5.74. The van der Waals surface area contributed by atoms with Gasteiger partial charge in [0.25, 0.3) is 5.91 Å². The first-order chi connectivity index (χ1) is 15.5. The maximum Gasteiger partial charge on any atom is 0.317 e. The number of carbonyl (C=O) groups excluding carboxylic acids is 1. The lowest BCUT2D eigenvalue weighted by atomic mass is 10.1. The fraction of sp³-hybridized carbons (Fsp3) is 0.450. The average Bonchev–Trinajstić information content (AvgIpc) is 3.35. The van der Waals surface area contributed by atoms with E-state index in [4.69, 9.17) is 9.47 Å². The Morgan fingerprint density at radius 3 is 3.00 bits per heavy atom. The molecule has 2 aliphatic rings. The third-order valence-electron chi connectivity index (χ3n) is 5.57. The molecule has 12 heteroatoms. The molecule has 1 unspecified atom stereocenters. The summed E-state index contributed by atoms with van der Waals surface area (Å²) in [5, 5.41) is 24.6. The van der Waals surface area contributed by atoms with Crippen LogP contribution in [0.2, 0.25) is 0 Å². The first-order valence-corrected chi connectivity index (χ1v) is 10.4. The lowest BCUT2D eigenvalue weighted by Gasteiger charge is -2.34. The van der Waals surface area contributed by atoms with Gasteiger partial charge in [-0.25, -0.2) is 4.98 Å². The van der Waals surface area contributed by atoms with Crippen LogP contribution in [0.4, 0.5) is 0 Å². The fourth-order valence-corrected chi connectivity index (χ4v) is 3.84. The Labute approximate surface area is 183 Å². The number of aliphatic hydroxyl groups excluding tert-OH is 1. The molecule has 3 N–H and O–H groups in total. The lowest BCUT2D eigenvalue weighted by Crippen LogP contribution is -2.53. The Hall–Kier alpha value is -3.35. The number of amides is 1. The molecule has 5 heterocycles. The normalized spacial score (nSPS) is 25.4. The van der Waals surface area contributed by atoms with Crippen molar-refractivity contribution >= 4 is 29.1 Å². The Morgan fingerprint density at radius 1 is 1.25 bits per heavy atom. The van der Waals surface area contributed by atoms with Gasteiger partial charge in [-0.1, -0.05) is 0 Å². The van der Waals surface area contributed by atoms with Crippen molar-refractivity contribution < 1.29 is 19.4 Å². The number of aromatic amines is 1. The molecule has 32 heavy (non-hydrogen) atoms. The van der Waals surface area contributed by atoms with E-state index in [1.54, 1.807) is 48.2 Å². The number of hydrogen-bond acceptors (Lipinski definition) is 9. The van der Waals surface area contributed by atoms with Gasteiger partial charge in [-0.15, -0.1) is 0 Å². The van der Waals surface area contributed by atoms with Crippen molar-refractivity contribution in [2.24, 2.45) is 7.05 Å². The number of hydrogen-bond donors (Lipinski definition) is 3. The number of likely N-dealkylation sites (N-methyl/N-ethyl adjacent to an activating group) is 1. The number of H-pyrrole nitrogens is 1. The average molecular weight is 440 g/mol. The SMILES string of the molecule is CN1CCO[C@H]2CNC(O)C[C@H]2Oc2ncc3[nH]nc(c3n2)/C=C/c2cn(C)nc2C1=O. The summed E-state index contributed by atoms with van der Waals surface area (Å²) in [5.41, 5.74) is 2.83. The van der Waals surface area contributed by atoms with E-state index in [1.807, 2.05) is 0 Å². The number of aromatic nitrogens is 6. The van der Waals surface area contributed by atoms with E-state index in [0.29, 0.717) is 54.1 Å². The molecule has 0 spiro atoms. The Bertz CT molecular complexity index is 1170. The van der Waals surface area contributed by atoms with Crippen LogP contribution >= 0.6 is 0 Å². The van der Waals surface area contributed by atoms with Gasteiger partial charge in [0.2, 0.25) is 0 Å². The zero-order valence-electron chi connectivity index (χ0n) is 17.7. The standard InChI is InChI=1S/C20H24N8O4/c1-27-5-6-31-15-9-21-16(29)7-14(15)32-20-22-8-13-18(23-20)12(24-25-13)4-3-11-10-28(2)26-17(11)19(27)30/h3-4,8,10,14-16,21,29H,5-7,9H2,1-2H3,(H,24,25)/b4-3+/t14-,15+,16?/m1/s1. The molecule has 168 valence electrons. The van der Waals surface area contributed by atoms with E-state index < -0.39 is 12.3 Å².